The van der Waals surface area contributed by atoms with Crippen molar-refractivity contribution in [2.75, 3.05) is 10.4 Å². The SMILES string of the molecule is NC1c2ccccc2ON1c1ccc(F)c(CNC(=O)Nc2cc(F)ccc2F)c1. The molecule has 1 aliphatic heterocycles. The Balaban J connectivity index is 1.45. The van der Waals surface area contributed by atoms with Gasteiger partial charge in [-0.05, 0) is 36.4 Å². The fraction of sp³-hybridized carbons (Fsp3) is 0.0952. The molecule has 30 heavy (non-hydrogen) atoms. The van der Waals surface area contributed by atoms with Crippen molar-refractivity contribution in [3.63, 3.8) is 0 Å². The van der Waals surface area contributed by atoms with Crippen molar-refractivity contribution < 1.29 is 22.8 Å². The Morgan fingerprint density at radius 2 is 1.80 bits per heavy atom. The van der Waals surface area contributed by atoms with Gasteiger partial charge < -0.3 is 21.2 Å². The molecular weight excluding hydrogens is 397 g/mol. The van der Waals surface area contributed by atoms with Gasteiger partial charge in [-0.15, -0.1) is 0 Å². The molecule has 0 fully saturated rings. The number of benzene rings is 3. The highest BCUT2D eigenvalue weighted by molar-refractivity contribution is 5.89. The van der Waals surface area contributed by atoms with Gasteiger partial charge in [0.05, 0.1) is 11.4 Å². The van der Waals surface area contributed by atoms with E-state index in [1.165, 1.54) is 23.3 Å². The lowest BCUT2D eigenvalue weighted by molar-refractivity contribution is 0.251. The lowest BCUT2D eigenvalue weighted by Crippen LogP contribution is -2.32. The Morgan fingerprint density at radius 1 is 1.03 bits per heavy atom. The Labute approximate surface area is 170 Å². The molecule has 0 aliphatic carbocycles. The summed E-state index contributed by atoms with van der Waals surface area (Å²) in [5.41, 5.74) is 7.33. The molecule has 154 valence electrons. The molecule has 1 heterocycles. The number of para-hydroxylation sites is 1. The van der Waals surface area contributed by atoms with Crippen molar-refractivity contribution in [3.8, 4) is 5.75 Å². The van der Waals surface area contributed by atoms with Gasteiger partial charge >= 0.3 is 6.03 Å². The standard InChI is InChI=1S/C21H17F3N4O2/c22-13-5-7-17(24)18(10-13)27-21(29)26-11-12-9-14(6-8-16(12)23)28-20(25)15-3-1-2-4-19(15)30-28/h1-10,20H,11,25H2,(H2,26,27,29). The van der Waals surface area contributed by atoms with Gasteiger partial charge in [-0.1, -0.05) is 18.2 Å². The van der Waals surface area contributed by atoms with Crippen LogP contribution in [0, 0.1) is 17.5 Å². The minimum absolute atomic E-state index is 0.161. The molecule has 9 heteroatoms. The van der Waals surface area contributed by atoms with Gasteiger partial charge in [-0.3, -0.25) is 0 Å². The zero-order chi connectivity index (χ0) is 21.3. The van der Waals surface area contributed by atoms with Crippen molar-refractivity contribution in [2.45, 2.75) is 12.7 Å². The van der Waals surface area contributed by atoms with Crippen LogP contribution >= 0.6 is 0 Å². The maximum absolute atomic E-state index is 14.2. The predicted octanol–water partition coefficient (Wildman–Crippen LogP) is 4.20. The summed E-state index contributed by atoms with van der Waals surface area (Å²) in [4.78, 5) is 17.8. The van der Waals surface area contributed by atoms with Crippen LogP contribution in [0.3, 0.4) is 0 Å². The third-order valence-electron chi connectivity index (χ3n) is 4.59. The molecule has 4 N–H and O–H groups in total. The molecule has 4 rings (SSSR count). The van der Waals surface area contributed by atoms with Gasteiger partial charge in [0.15, 0.2) is 5.75 Å². The topological polar surface area (TPSA) is 79.6 Å². The number of anilines is 2. The van der Waals surface area contributed by atoms with Crippen LogP contribution in [-0.2, 0) is 6.54 Å². The van der Waals surface area contributed by atoms with E-state index in [1.807, 2.05) is 18.2 Å². The van der Waals surface area contributed by atoms with Crippen LogP contribution in [0.4, 0.5) is 29.3 Å². The molecule has 3 aromatic carbocycles. The molecule has 0 aromatic heterocycles. The van der Waals surface area contributed by atoms with Gasteiger partial charge in [0.2, 0.25) is 0 Å². The number of fused-ring (bicyclic) bond motifs is 1. The van der Waals surface area contributed by atoms with Gasteiger partial charge in [0.25, 0.3) is 0 Å². The average molecular weight is 414 g/mol. The van der Waals surface area contributed by atoms with Gasteiger partial charge in [0, 0.05) is 23.7 Å². The third-order valence-corrected chi connectivity index (χ3v) is 4.59. The fourth-order valence-corrected chi connectivity index (χ4v) is 3.08. The molecule has 1 unspecified atom stereocenters. The van der Waals surface area contributed by atoms with Crippen LogP contribution in [0.25, 0.3) is 0 Å². The summed E-state index contributed by atoms with van der Waals surface area (Å²) < 4.78 is 41.1. The first kappa shape index (κ1) is 19.6. The Hall–Kier alpha value is -3.72. The maximum atomic E-state index is 14.2. The average Bonchev–Trinajstić information content (AvgIpc) is 3.07. The maximum Gasteiger partial charge on any atom is 0.319 e. The number of carbonyl (C=O) groups excluding carboxylic acids is 1. The molecule has 0 bridgehead atoms. The van der Waals surface area contributed by atoms with Gasteiger partial charge in [-0.25, -0.2) is 18.0 Å². The van der Waals surface area contributed by atoms with Crippen LogP contribution in [0.5, 0.6) is 5.75 Å². The summed E-state index contributed by atoms with van der Waals surface area (Å²) in [5.74, 6) is -1.44. The van der Waals surface area contributed by atoms with Crippen molar-refractivity contribution in [2.24, 2.45) is 5.73 Å². The van der Waals surface area contributed by atoms with Crippen molar-refractivity contribution in [1.82, 2.24) is 5.32 Å². The lowest BCUT2D eigenvalue weighted by atomic mass is 10.1. The second-order valence-corrected chi connectivity index (χ2v) is 6.61. The van der Waals surface area contributed by atoms with E-state index in [0.29, 0.717) is 11.4 Å². The number of hydrogen-bond donors (Lipinski definition) is 3. The summed E-state index contributed by atoms with van der Waals surface area (Å²) in [6.45, 7) is -0.196. The molecule has 2 amide bonds. The van der Waals surface area contributed by atoms with Crippen LogP contribution in [0.1, 0.15) is 17.3 Å². The zero-order valence-electron chi connectivity index (χ0n) is 15.5. The number of nitrogens with one attached hydrogen (secondary N) is 2. The number of hydroxylamine groups is 1. The van der Waals surface area contributed by atoms with Crippen molar-refractivity contribution in [3.05, 3.63) is 89.2 Å². The number of nitrogens with zero attached hydrogens (tertiary/aromatic N) is 1. The monoisotopic (exact) mass is 414 g/mol. The van der Waals surface area contributed by atoms with Gasteiger partial charge in [-0.2, -0.15) is 5.06 Å². The molecule has 1 aliphatic rings. The number of carbonyl (C=O) groups is 1. The Bertz CT molecular complexity index is 1110. The number of nitrogens with two attached hydrogens (primary N) is 1. The quantitative estimate of drug-likeness (QED) is 0.598. The fourth-order valence-electron chi connectivity index (χ4n) is 3.08. The van der Waals surface area contributed by atoms with Crippen molar-refractivity contribution in [1.29, 1.82) is 0 Å². The first-order chi connectivity index (χ1) is 14.4. The third kappa shape index (κ3) is 3.87. The van der Waals surface area contributed by atoms with E-state index in [1.54, 1.807) is 6.07 Å². The van der Waals surface area contributed by atoms with E-state index in [0.717, 1.165) is 23.8 Å². The number of halogens is 3. The number of urea groups is 1. The van der Waals surface area contributed by atoms with Crippen molar-refractivity contribution >= 4 is 17.4 Å². The highest BCUT2D eigenvalue weighted by atomic mass is 19.1. The predicted molar refractivity (Wildman–Crippen MR) is 105 cm³/mol. The van der Waals surface area contributed by atoms with Gasteiger partial charge in [0.1, 0.15) is 23.6 Å². The molecule has 0 spiro atoms. The molecule has 3 aromatic rings. The summed E-state index contributed by atoms with van der Waals surface area (Å²) in [5, 5.41) is 6.04. The zero-order valence-corrected chi connectivity index (χ0v) is 15.5. The Kier molecular flexibility index (Phi) is 5.20. The summed E-state index contributed by atoms with van der Waals surface area (Å²) in [6, 6.07) is 13.4. The first-order valence-electron chi connectivity index (χ1n) is 9.02. The number of hydrogen-bond acceptors (Lipinski definition) is 4. The molecule has 0 saturated carbocycles. The van der Waals surface area contributed by atoms with E-state index in [9.17, 15) is 18.0 Å². The summed E-state index contributed by atoms with van der Waals surface area (Å²) >= 11 is 0. The minimum Gasteiger partial charge on any atom is -0.377 e. The molecular formula is C21H17F3N4O2. The van der Waals surface area contributed by atoms with E-state index in [4.69, 9.17) is 10.6 Å². The molecule has 0 radical (unpaired) electrons. The van der Waals surface area contributed by atoms with Crippen LogP contribution in [0.15, 0.2) is 60.7 Å². The van der Waals surface area contributed by atoms with E-state index < -0.39 is 29.6 Å². The summed E-state index contributed by atoms with van der Waals surface area (Å²) in [6.07, 6.45) is -0.577. The lowest BCUT2D eigenvalue weighted by Gasteiger charge is -2.22. The molecule has 1 atom stereocenters. The minimum atomic E-state index is -0.814. The van der Waals surface area contributed by atoms with E-state index >= 15 is 0 Å². The number of rotatable bonds is 4. The normalized spacial score (nSPS) is 14.8. The van der Waals surface area contributed by atoms with Crippen LogP contribution < -0.4 is 26.3 Å². The summed E-state index contributed by atoms with van der Waals surface area (Å²) in [7, 11) is 0. The van der Waals surface area contributed by atoms with Crippen LogP contribution in [-0.4, -0.2) is 6.03 Å². The highest BCUT2D eigenvalue weighted by Crippen LogP contribution is 2.37. The highest BCUT2D eigenvalue weighted by Gasteiger charge is 2.30. The van der Waals surface area contributed by atoms with Crippen LogP contribution in [0.2, 0.25) is 0 Å². The van der Waals surface area contributed by atoms with E-state index in [-0.39, 0.29) is 17.8 Å². The number of amides is 2. The second-order valence-electron chi connectivity index (χ2n) is 6.61. The van der Waals surface area contributed by atoms with E-state index in [2.05, 4.69) is 10.6 Å². The molecule has 0 saturated heterocycles. The first-order valence-corrected chi connectivity index (χ1v) is 9.02. The molecule has 6 nitrogen and oxygen atoms in total. The Morgan fingerprint density at radius 3 is 2.60 bits per heavy atom. The second kappa shape index (κ2) is 7.96. The smallest absolute Gasteiger partial charge is 0.319 e. The largest absolute Gasteiger partial charge is 0.377 e.